The van der Waals surface area contributed by atoms with Gasteiger partial charge in [-0.2, -0.15) is 0 Å². The lowest BCUT2D eigenvalue weighted by atomic mass is 10.1. The Hall–Kier alpha value is -3.48. The average Bonchev–Trinajstić information content (AvgIpc) is 3.25. The molecule has 2 heterocycles. The SMILES string of the molecule is Cc1ccc(N2C[C@H](C(=O)Oc3ccc(N4C(=O)CCC4=O)c(C)c3)CC2=O)cc1. The van der Waals surface area contributed by atoms with Crippen LogP contribution >= 0.6 is 0 Å². The van der Waals surface area contributed by atoms with Crippen LogP contribution in [0.4, 0.5) is 11.4 Å². The summed E-state index contributed by atoms with van der Waals surface area (Å²) in [6, 6.07) is 12.4. The lowest BCUT2D eigenvalue weighted by Gasteiger charge is -2.18. The van der Waals surface area contributed by atoms with Gasteiger partial charge in [-0.25, -0.2) is 0 Å². The van der Waals surface area contributed by atoms with Gasteiger partial charge in [0.05, 0.1) is 11.6 Å². The minimum atomic E-state index is -0.555. The second kappa shape index (κ2) is 7.74. The third kappa shape index (κ3) is 3.70. The van der Waals surface area contributed by atoms with E-state index >= 15 is 0 Å². The zero-order chi connectivity index (χ0) is 21.4. The third-order valence-corrected chi connectivity index (χ3v) is 5.48. The molecule has 0 aromatic heterocycles. The molecule has 7 heteroatoms. The molecule has 2 aromatic rings. The van der Waals surface area contributed by atoms with E-state index in [9.17, 15) is 19.2 Å². The molecule has 0 bridgehead atoms. The fraction of sp³-hybridized carbons (Fsp3) is 0.304. The van der Waals surface area contributed by atoms with E-state index < -0.39 is 11.9 Å². The lowest BCUT2D eigenvalue weighted by Crippen LogP contribution is -2.29. The zero-order valence-electron chi connectivity index (χ0n) is 16.9. The Kier molecular flexibility index (Phi) is 5.11. The highest BCUT2D eigenvalue weighted by Crippen LogP contribution is 2.31. The van der Waals surface area contributed by atoms with Crippen LogP contribution in [-0.2, 0) is 19.2 Å². The molecule has 7 nitrogen and oxygen atoms in total. The first kappa shape index (κ1) is 19.8. The standard InChI is InChI=1S/C23H22N2O5/c1-14-3-5-17(6-4-14)24-13-16(12-22(24)28)23(29)30-18-7-8-19(15(2)11-18)25-20(26)9-10-21(25)27/h3-8,11,16H,9-10,12-13H2,1-2H3/t16-/m1/s1. The molecular weight excluding hydrogens is 384 g/mol. The lowest BCUT2D eigenvalue weighted by molar-refractivity contribution is -0.139. The molecule has 2 aliphatic rings. The third-order valence-electron chi connectivity index (χ3n) is 5.48. The molecule has 2 aliphatic heterocycles. The number of carbonyl (C=O) groups excluding carboxylic acids is 4. The van der Waals surface area contributed by atoms with Crippen molar-refractivity contribution < 1.29 is 23.9 Å². The number of hydrogen-bond acceptors (Lipinski definition) is 5. The second-order valence-corrected chi connectivity index (χ2v) is 7.73. The smallest absolute Gasteiger partial charge is 0.316 e. The van der Waals surface area contributed by atoms with Gasteiger partial charge in [0.25, 0.3) is 0 Å². The molecule has 3 amide bonds. The number of benzene rings is 2. The van der Waals surface area contributed by atoms with Gasteiger partial charge in [0, 0.05) is 31.5 Å². The summed E-state index contributed by atoms with van der Waals surface area (Å²) < 4.78 is 5.50. The van der Waals surface area contributed by atoms with Gasteiger partial charge in [0.1, 0.15) is 5.75 Å². The summed E-state index contributed by atoms with van der Waals surface area (Å²) >= 11 is 0. The number of imide groups is 1. The maximum atomic E-state index is 12.6. The fourth-order valence-electron chi connectivity index (χ4n) is 3.83. The Balaban J connectivity index is 1.44. The van der Waals surface area contributed by atoms with Gasteiger partial charge >= 0.3 is 5.97 Å². The minimum Gasteiger partial charge on any atom is -0.426 e. The van der Waals surface area contributed by atoms with Gasteiger partial charge < -0.3 is 9.64 Å². The molecule has 0 spiro atoms. The monoisotopic (exact) mass is 406 g/mol. The van der Waals surface area contributed by atoms with Gasteiger partial charge in [-0.1, -0.05) is 17.7 Å². The topological polar surface area (TPSA) is 84.0 Å². The summed E-state index contributed by atoms with van der Waals surface area (Å²) in [4.78, 5) is 51.7. The van der Waals surface area contributed by atoms with E-state index in [1.54, 1.807) is 30.0 Å². The molecule has 0 saturated carbocycles. The molecule has 0 N–H and O–H groups in total. The zero-order valence-corrected chi connectivity index (χ0v) is 16.9. The molecule has 4 rings (SSSR count). The number of hydrogen-bond donors (Lipinski definition) is 0. The largest absolute Gasteiger partial charge is 0.426 e. The summed E-state index contributed by atoms with van der Waals surface area (Å²) in [7, 11) is 0. The van der Waals surface area contributed by atoms with E-state index in [0.717, 1.165) is 11.3 Å². The quantitative estimate of drug-likeness (QED) is 0.443. The minimum absolute atomic E-state index is 0.0978. The molecule has 2 fully saturated rings. The van der Waals surface area contributed by atoms with E-state index in [2.05, 4.69) is 0 Å². The molecule has 0 radical (unpaired) electrons. The Morgan fingerprint density at radius 2 is 1.60 bits per heavy atom. The molecule has 2 saturated heterocycles. The van der Waals surface area contributed by atoms with Crippen molar-refractivity contribution in [3.05, 3.63) is 53.6 Å². The highest BCUT2D eigenvalue weighted by atomic mass is 16.5. The van der Waals surface area contributed by atoms with E-state index in [0.29, 0.717) is 17.0 Å². The van der Waals surface area contributed by atoms with Crippen LogP contribution in [0.5, 0.6) is 5.75 Å². The summed E-state index contributed by atoms with van der Waals surface area (Å²) in [5.74, 6) is -1.28. The predicted molar refractivity (Wildman–Crippen MR) is 110 cm³/mol. The molecular formula is C23H22N2O5. The number of carbonyl (C=O) groups is 4. The first-order valence-corrected chi connectivity index (χ1v) is 9.88. The van der Waals surface area contributed by atoms with E-state index in [-0.39, 0.29) is 43.5 Å². The van der Waals surface area contributed by atoms with Crippen molar-refractivity contribution in [3.8, 4) is 5.75 Å². The molecule has 30 heavy (non-hydrogen) atoms. The van der Waals surface area contributed by atoms with Crippen LogP contribution in [0.15, 0.2) is 42.5 Å². The summed E-state index contributed by atoms with van der Waals surface area (Å²) in [5.41, 5.74) is 3.02. The van der Waals surface area contributed by atoms with Crippen molar-refractivity contribution in [2.75, 3.05) is 16.3 Å². The molecule has 154 valence electrons. The van der Waals surface area contributed by atoms with Crippen LogP contribution in [-0.4, -0.2) is 30.2 Å². The van der Waals surface area contributed by atoms with Gasteiger partial charge in [-0.3, -0.25) is 24.1 Å². The second-order valence-electron chi connectivity index (χ2n) is 7.73. The van der Waals surface area contributed by atoms with Crippen molar-refractivity contribution in [2.45, 2.75) is 33.1 Å². The Labute approximate surface area is 174 Å². The van der Waals surface area contributed by atoms with Crippen LogP contribution in [0.2, 0.25) is 0 Å². The normalized spacial score (nSPS) is 19.0. The Morgan fingerprint density at radius 3 is 2.23 bits per heavy atom. The van der Waals surface area contributed by atoms with Crippen LogP contribution in [0.3, 0.4) is 0 Å². The first-order valence-electron chi connectivity index (χ1n) is 9.88. The number of anilines is 2. The van der Waals surface area contributed by atoms with Gasteiger partial charge in [-0.15, -0.1) is 0 Å². The molecule has 0 unspecified atom stereocenters. The van der Waals surface area contributed by atoms with Crippen LogP contribution in [0, 0.1) is 19.8 Å². The highest BCUT2D eigenvalue weighted by Gasteiger charge is 2.36. The van der Waals surface area contributed by atoms with E-state index in [4.69, 9.17) is 4.74 Å². The maximum absolute atomic E-state index is 12.6. The number of aryl methyl sites for hydroxylation is 2. The number of nitrogens with zero attached hydrogens (tertiary/aromatic N) is 2. The summed E-state index contributed by atoms with van der Waals surface area (Å²) in [6.07, 6.45) is 0.519. The van der Waals surface area contributed by atoms with Crippen LogP contribution in [0.1, 0.15) is 30.4 Å². The molecule has 1 atom stereocenters. The average molecular weight is 406 g/mol. The number of ether oxygens (including phenoxy) is 1. The number of esters is 1. The fourth-order valence-corrected chi connectivity index (χ4v) is 3.83. The van der Waals surface area contributed by atoms with Crippen molar-refractivity contribution in [1.29, 1.82) is 0 Å². The highest BCUT2D eigenvalue weighted by molar-refractivity contribution is 6.20. The van der Waals surface area contributed by atoms with E-state index in [1.165, 1.54) is 4.90 Å². The number of amides is 3. The summed E-state index contributed by atoms with van der Waals surface area (Å²) in [5, 5.41) is 0. The van der Waals surface area contributed by atoms with Gasteiger partial charge in [0.15, 0.2) is 0 Å². The van der Waals surface area contributed by atoms with Gasteiger partial charge in [0.2, 0.25) is 17.7 Å². The van der Waals surface area contributed by atoms with Crippen molar-refractivity contribution in [2.24, 2.45) is 5.92 Å². The Morgan fingerprint density at radius 1 is 0.933 bits per heavy atom. The number of rotatable bonds is 4. The van der Waals surface area contributed by atoms with Crippen LogP contribution < -0.4 is 14.5 Å². The first-order chi connectivity index (χ1) is 14.3. The summed E-state index contributed by atoms with van der Waals surface area (Å²) in [6.45, 7) is 4.00. The maximum Gasteiger partial charge on any atom is 0.316 e. The molecule has 2 aromatic carbocycles. The van der Waals surface area contributed by atoms with Crippen molar-refractivity contribution in [3.63, 3.8) is 0 Å². The Bertz CT molecular complexity index is 1030. The van der Waals surface area contributed by atoms with Crippen molar-refractivity contribution >= 4 is 35.1 Å². The predicted octanol–water partition coefficient (Wildman–Crippen LogP) is 2.92. The van der Waals surface area contributed by atoms with Crippen molar-refractivity contribution in [1.82, 2.24) is 0 Å². The molecule has 0 aliphatic carbocycles. The van der Waals surface area contributed by atoms with Crippen LogP contribution in [0.25, 0.3) is 0 Å². The van der Waals surface area contributed by atoms with E-state index in [1.807, 2.05) is 31.2 Å². The van der Waals surface area contributed by atoms with Gasteiger partial charge in [-0.05, 0) is 49.7 Å².